The quantitative estimate of drug-likeness (QED) is 0.642. The van der Waals surface area contributed by atoms with Gasteiger partial charge in [-0.3, -0.25) is 9.59 Å². The van der Waals surface area contributed by atoms with Gasteiger partial charge in [0.05, 0.1) is 18.8 Å². The number of piperazine rings is 1. The molecule has 4 atom stereocenters. The molecule has 0 radical (unpaired) electrons. The zero-order valence-electron chi connectivity index (χ0n) is 12.0. The van der Waals surface area contributed by atoms with Gasteiger partial charge in [0.15, 0.2) is 4.87 Å². The van der Waals surface area contributed by atoms with Crippen LogP contribution in [0.2, 0.25) is 0 Å². The normalized spacial score (nSPS) is 42.3. The molecular formula is C13H14N2O4S4. The smallest absolute Gasteiger partial charge is 0.264 e. The fourth-order valence-electron chi connectivity index (χ4n) is 3.55. The number of aliphatic hydroxyl groups is 2. The Morgan fingerprint density at radius 3 is 2.78 bits per heavy atom. The number of aliphatic hydroxyl groups excluding tert-OH is 2. The van der Waals surface area contributed by atoms with Crippen LogP contribution in [0, 0.1) is 0 Å². The first-order valence-electron chi connectivity index (χ1n) is 6.96. The Balaban J connectivity index is 1.92. The molecule has 5 aliphatic rings. The van der Waals surface area contributed by atoms with Crippen molar-refractivity contribution in [2.24, 2.45) is 0 Å². The van der Waals surface area contributed by atoms with Crippen molar-refractivity contribution in [2.45, 2.75) is 28.3 Å². The van der Waals surface area contributed by atoms with E-state index in [2.05, 4.69) is 0 Å². The number of rotatable bonds is 1. The van der Waals surface area contributed by atoms with E-state index in [9.17, 15) is 19.8 Å². The van der Waals surface area contributed by atoms with E-state index >= 15 is 0 Å². The molecular weight excluding hydrogens is 376 g/mol. The van der Waals surface area contributed by atoms with Gasteiger partial charge in [0.1, 0.15) is 0 Å². The van der Waals surface area contributed by atoms with Gasteiger partial charge in [0.2, 0.25) is 4.87 Å². The van der Waals surface area contributed by atoms with Gasteiger partial charge in [-0.15, -0.1) is 0 Å². The predicted molar refractivity (Wildman–Crippen MR) is 94.2 cm³/mol. The molecule has 1 unspecified atom stereocenters. The standard InChI is InChI=1S/C13H14N2O4S4/c1-14-10(18)12-5-7-3-2-4-8(17)9(7)15(12)11(19)13(14,6-16)21-23-22-20-12/h2-4,8-9,16-17H,5-6H2,1H3/t8-,9-,12+,13?/m0/s1. The van der Waals surface area contributed by atoms with Crippen LogP contribution in [0.4, 0.5) is 0 Å². The molecule has 4 fully saturated rings. The highest BCUT2D eigenvalue weighted by atomic mass is 33.7. The Morgan fingerprint density at radius 1 is 1.30 bits per heavy atom. The molecule has 0 aromatic carbocycles. The van der Waals surface area contributed by atoms with Crippen molar-refractivity contribution >= 4 is 53.1 Å². The first-order chi connectivity index (χ1) is 11.0. The number of fused-ring (bicyclic) bond motifs is 5. The molecule has 0 aromatic rings. The molecule has 4 aliphatic heterocycles. The van der Waals surface area contributed by atoms with Crippen molar-refractivity contribution in [3.63, 3.8) is 0 Å². The molecule has 1 aliphatic carbocycles. The molecule has 6 nitrogen and oxygen atoms in total. The molecule has 10 heteroatoms. The van der Waals surface area contributed by atoms with Crippen molar-refractivity contribution < 1.29 is 19.8 Å². The predicted octanol–water partition coefficient (Wildman–Crippen LogP) is 0.993. The molecule has 124 valence electrons. The average molecular weight is 391 g/mol. The van der Waals surface area contributed by atoms with Gasteiger partial charge in [0, 0.05) is 13.5 Å². The molecule has 0 saturated carbocycles. The molecule has 5 rings (SSSR count). The van der Waals surface area contributed by atoms with Crippen LogP contribution in [0.5, 0.6) is 0 Å². The van der Waals surface area contributed by atoms with Gasteiger partial charge >= 0.3 is 0 Å². The van der Waals surface area contributed by atoms with E-state index in [0.717, 1.165) is 5.57 Å². The monoisotopic (exact) mass is 390 g/mol. The van der Waals surface area contributed by atoms with Crippen molar-refractivity contribution in [1.29, 1.82) is 0 Å². The lowest BCUT2D eigenvalue weighted by atomic mass is 9.97. The Hall–Kier alpha value is -0.260. The Morgan fingerprint density at radius 2 is 2.04 bits per heavy atom. The number of nitrogens with zero attached hydrogens (tertiary/aromatic N) is 2. The number of hydrogen-bond acceptors (Lipinski definition) is 8. The van der Waals surface area contributed by atoms with E-state index in [-0.39, 0.29) is 11.8 Å². The molecule has 2 amide bonds. The second kappa shape index (κ2) is 5.37. The topological polar surface area (TPSA) is 81.1 Å². The number of likely N-dealkylation sites (N-methyl/N-ethyl adjacent to an activating group) is 1. The van der Waals surface area contributed by atoms with E-state index in [1.54, 1.807) is 19.2 Å². The summed E-state index contributed by atoms with van der Waals surface area (Å²) in [7, 11) is 6.97. The lowest BCUT2D eigenvalue weighted by molar-refractivity contribution is -0.167. The second-order valence-corrected chi connectivity index (χ2v) is 12.0. The number of allylic oxidation sites excluding steroid dienone is 2. The summed E-state index contributed by atoms with van der Waals surface area (Å²) in [5, 5.41) is 20.3. The summed E-state index contributed by atoms with van der Waals surface area (Å²) < 4.78 is 0. The van der Waals surface area contributed by atoms with Crippen LogP contribution < -0.4 is 0 Å². The van der Waals surface area contributed by atoms with Crippen LogP contribution in [0.3, 0.4) is 0 Å². The van der Waals surface area contributed by atoms with Gasteiger partial charge in [-0.2, -0.15) is 0 Å². The highest BCUT2D eigenvalue weighted by molar-refractivity contribution is 9.26. The van der Waals surface area contributed by atoms with Crippen molar-refractivity contribution in [2.75, 3.05) is 13.7 Å². The highest BCUT2D eigenvalue weighted by Gasteiger charge is 2.69. The first-order valence-corrected chi connectivity index (χ1v) is 11.8. The lowest BCUT2D eigenvalue weighted by Crippen LogP contribution is -2.74. The lowest BCUT2D eigenvalue weighted by Gasteiger charge is -2.54. The third-order valence-corrected chi connectivity index (χ3v) is 12.0. The zero-order valence-corrected chi connectivity index (χ0v) is 15.3. The summed E-state index contributed by atoms with van der Waals surface area (Å²) in [6.45, 7) is -0.457. The number of amides is 2. The van der Waals surface area contributed by atoms with Crippen molar-refractivity contribution in [1.82, 2.24) is 9.80 Å². The maximum absolute atomic E-state index is 13.3. The van der Waals surface area contributed by atoms with Gasteiger partial charge in [-0.25, -0.2) is 0 Å². The van der Waals surface area contributed by atoms with Gasteiger partial charge < -0.3 is 20.0 Å². The van der Waals surface area contributed by atoms with Gasteiger partial charge in [-0.05, 0) is 46.8 Å². The minimum atomic E-state index is -1.34. The Bertz CT molecular complexity index is 656. The van der Waals surface area contributed by atoms with Gasteiger partial charge in [0.25, 0.3) is 11.8 Å². The summed E-state index contributed by atoms with van der Waals surface area (Å²) in [6.07, 6.45) is 4.84. The number of carbonyl (C=O) groups excluding carboxylic acids is 2. The minimum absolute atomic E-state index is 0.195. The van der Waals surface area contributed by atoms with Crippen LogP contribution in [0.1, 0.15) is 6.42 Å². The summed E-state index contributed by atoms with van der Waals surface area (Å²) in [6, 6.07) is -0.534. The van der Waals surface area contributed by atoms with Crippen molar-refractivity contribution in [3.8, 4) is 0 Å². The maximum Gasteiger partial charge on any atom is 0.264 e. The molecule has 4 heterocycles. The molecule has 1 spiro atoms. The van der Waals surface area contributed by atoms with E-state index in [0.29, 0.717) is 6.42 Å². The summed E-state index contributed by atoms with van der Waals surface area (Å²) in [4.78, 5) is 27.0. The second-order valence-electron chi connectivity index (χ2n) is 5.81. The fourth-order valence-corrected chi connectivity index (χ4v) is 11.2. The van der Waals surface area contributed by atoms with Crippen LogP contribution in [0.25, 0.3) is 0 Å². The molecule has 23 heavy (non-hydrogen) atoms. The summed E-state index contributed by atoms with van der Waals surface area (Å²) in [5.74, 6) is -0.505. The van der Waals surface area contributed by atoms with E-state index in [1.807, 2.05) is 6.08 Å². The fraction of sp³-hybridized carbons (Fsp3) is 0.538. The SMILES string of the molecule is CN1C(=O)[C@]23CC4=CC=C[C@H](O)[C@H]4N2C(=O)C1(CO)SSSS3. The van der Waals surface area contributed by atoms with Gasteiger partial charge in [-0.1, -0.05) is 18.2 Å². The molecule has 2 N–H and O–H groups in total. The Labute approximate surface area is 148 Å². The van der Waals surface area contributed by atoms with Crippen LogP contribution in [-0.4, -0.2) is 67.4 Å². The molecule has 0 aromatic heterocycles. The van der Waals surface area contributed by atoms with E-state index in [4.69, 9.17) is 0 Å². The molecule has 4 saturated heterocycles. The highest BCUT2D eigenvalue weighted by Crippen LogP contribution is 2.65. The minimum Gasteiger partial charge on any atom is -0.392 e. The van der Waals surface area contributed by atoms with Crippen LogP contribution >= 0.6 is 41.2 Å². The maximum atomic E-state index is 13.3. The summed E-state index contributed by atoms with van der Waals surface area (Å²) >= 11 is 0. The molecule has 2 bridgehead atoms. The number of hydrogen-bond donors (Lipinski definition) is 2. The van der Waals surface area contributed by atoms with E-state index in [1.165, 1.54) is 51.0 Å². The summed E-state index contributed by atoms with van der Waals surface area (Å²) in [5.41, 5.74) is 0.883. The third-order valence-electron chi connectivity index (χ3n) is 4.75. The number of carbonyl (C=O) groups is 2. The van der Waals surface area contributed by atoms with Crippen LogP contribution in [0.15, 0.2) is 23.8 Å². The largest absolute Gasteiger partial charge is 0.392 e. The third kappa shape index (κ3) is 1.90. The van der Waals surface area contributed by atoms with E-state index < -0.39 is 28.5 Å². The Kier molecular flexibility index (Phi) is 3.79. The first kappa shape index (κ1) is 16.2. The van der Waals surface area contributed by atoms with Crippen LogP contribution in [-0.2, 0) is 9.59 Å². The van der Waals surface area contributed by atoms with Crippen molar-refractivity contribution in [3.05, 3.63) is 23.8 Å². The zero-order chi connectivity index (χ0) is 16.4. The average Bonchev–Trinajstić information content (AvgIpc) is 2.88.